The number of hydrogen-bond donors (Lipinski definition) is 2. The molecular weight excluding hydrogens is 290 g/mol. The summed E-state index contributed by atoms with van der Waals surface area (Å²) in [5, 5.41) is 21.4. The molecular formula is C17H15N5O. The van der Waals surface area contributed by atoms with E-state index in [0.29, 0.717) is 5.95 Å². The first-order valence-corrected chi connectivity index (χ1v) is 7.07. The Hall–Kier alpha value is -3.28. The molecule has 6 heteroatoms. The number of nitrogens with one attached hydrogen (secondary N) is 1. The van der Waals surface area contributed by atoms with Crippen LogP contribution in [0.3, 0.4) is 0 Å². The highest BCUT2D eigenvalue weighted by atomic mass is 16.3. The van der Waals surface area contributed by atoms with Crippen LogP contribution in [-0.4, -0.2) is 26.0 Å². The number of rotatable bonds is 4. The summed E-state index contributed by atoms with van der Waals surface area (Å²) in [5.74, 6) is 0.544. The molecule has 114 valence electrons. The van der Waals surface area contributed by atoms with Gasteiger partial charge in [0.2, 0.25) is 0 Å². The van der Waals surface area contributed by atoms with Gasteiger partial charge in [0.05, 0.1) is 17.6 Å². The maximum atomic E-state index is 9.30. The Morgan fingerprint density at radius 3 is 2.52 bits per heavy atom. The lowest BCUT2D eigenvalue weighted by Gasteiger charge is -2.04. The van der Waals surface area contributed by atoms with Crippen LogP contribution in [0.5, 0.6) is 5.75 Å². The van der Waals surface area contributed by atoms with Crippen LogP contribution < -0.4 is 5.43 Å². The molecule has 0 bridgehead atoms. The number of aromatic nitrogens is 3. The minimum Gasteiger partial charge on any atom is -0.508 e. The lowest BCUT2D eigenvalue weighted by Crippen LogP contribution is -2.03. The van der Waals surface area contributed by atoms with Gasteiger partial charge in [0.15, 0.2) is 0 Å². The van der Waals surface area contributed by atoms with Gasteiger partial charge in [0.25, 0.3) is 5.95 Å². The Morgan fingerprint density at radius 1 is 1.04 bits per heavy atom. The van der Waals surface area contributed by atoms with Crippen molar-refractivity contribution in [2.45, 2.75) is 6.92 Å². The number of nitrogens with zero attached hydrogens (tertiary/aromatic N) is 4. The van der Waals surface area contributed by atoms with Crippen molar-refractivity contribution in [3.05, 3.63) is 66.4 Å². The number of hydrogen-bond acceptors (Lipinski definition) is 6. The normalized spacial score (nSPS) is 11.3. The summed E-state index contributed by atoms with van der Waals surface area (Å²) in [6.07, 6.45) is 1.61. The highest BCUT2D eigenvalue weighted by Crippen LogP contribution is 2.16. The van der Waals surface area contributed by atoms with E-state index < -0.39 is 0 Å². The summed E-state index contributed by atoms with van der Waals surface area (Å²) in [6, 6.07) is 16.5. The van der Waals surface area contributed by atoms with Crippen LogP contribution in [0.1, 0.15) is 12.5 Å². The van der Waals surface area contributed by atoms with Crippen LogP contribution in [0.2, 0.25) is 0 Å². The molecule has 0 radical (unpaired) electrons. The molecule has 2 aromatic carbocycles. The first-order valence-electron chi connectivity index (χ1n) is 7.07. The van der Waals surface area contributed by atoms with Crippen LogP contribution in [0.25, 0.3) is 11.3 Å². The van der Waals surface area contributed by atoms with Gasteiger partial charge >= 0.3 is 0 Å². The zero-order valence-electron chi connectivity index (χ0n) is 12.5. The minimum atomic E-state index is 0.220. The second-order valence-corrected chi connectivity index (χ2v) is 4.89. The van der Waals surface area contributed by atoms with Crippen LogP contribution in [0.4, 0.5) is 5.95 Å². The minimum absolute atomic E-state index is 0.220. The van der Waals surface area contributed by atoms with E-state index in [9.17, 15) is 5.11 Å². The molecule has 0 spiro atoms. The van der Waals surface area contributed by atoms with Crippen LogP contribution in [0.15, 0.2) is 65.9 Å². The SMILES string of the molecule is C/C(=N\Nc1nncc(-c2ccccc2)n1)c1ccc(O)cc1. The lowest BCUT2D eigenvalue weighted by molar-refractivity contribution is 0.475. The summed E-state index contributed by atoms with van der Waals surface area (Å²) >= 11 is 0. The number of hydrazone groups is 1. The average molecular weight is 305 g/mol. The van der Waals surface area contributed by atoms with E-state index in [4.69, 9.17) is 0 Å². The third kappa shape index (κ3) is 3.68. The summed E-state index contributed by atoms with van der Waals surface area (Å²) in [4.78, 5) is 4.39. The van der Waals surface area contributed by atoms with Gasteiger partial charge < -0.3 is 5.11 Å². The fourth-order valence-electron chi connectivity index (χ4n) is 2.00. The van der Waals surface area contributed by atoms with Gasteiger partial charge in [-0.05, 0) is 36.8 Å². The van der Waals surface area contributed by atoms with Crippen molar-refractivity contribution in [1.82, 2.24) is 15.2 Å². The van der Waals surface area contributed by atoms with Gasteiger partial charge in [-0.1, -0.05) is 30.3 Å². The molecule has 1 aromatic heterocycles. The Balaban J connectivity index is 1.78. The fourth-order valence-corrected chi connectivity index (χ4v) is 2.00. The number of anilines is 1. The molecule has 0 saturated heterocycles. The second-order valence-electron chi connectivity index (χ2n) is 4.89. The zero-order chi connectivity index (χ0) is 16.1. The Bertz CT molecular complexity index is 816. The van der Waals surface area contributed by atoms with E-state index in [2.05, 4.69) is 25.7 Å². The van der Waals surface area contributed by atoms with Crippen molar-refractivity contribution >= 4 is 11.7 Å². The molecule has 0 aliphatic rings. The number of benzene rings is 2. The highest BCUT2D eigenvalue weighted by Gasteiger charge is 2.03. The molecule has 2 N–H and O–H groups in total. The van der Waals surface area contributed by atoms with Gasteiger partial charge in [-0.25, -0.2) is 10.4 Å². The highest BCUT2D eigenvalue weighted by molar-refractivity contribution is 5.99. The molecule has 0 aliphatic heterocycles. The molecule has 23 heavy (non-hydrogen) atoms. The molecule has 0 aliphatic carbocycles. The van der Waals surface area contributed by atoms with Crippen molar-refractivity contribution in [2.24, 2.45) is 5.10 Å². The number of phenolic OH excluding ortho intramolecular Hbond substituents is 1. The van der Waals surface area contributed by atoms with Gasteiger partial charge in [0, 0.05) is 5.56 Å². The predicted octanol–water partition coefficient (Wildman–Crippen LogP) is 3.08. The van der Waals surface area contributed by atoms with Gasteiger partial charge in [0.1, 0.15) is 5.75 Å². The summed E-state index contributed by atoms with van der Waals surface area (Å²) in [7, 11) is 0. The van der Waals surface area contributed by atoms with Crippen LogP contribution in [-0.2, 0) is 0 Å². The summed E-state index contributed by atoms with van der Waals surface area (Å²) in [5.41, 5.74) is 6.13. The van der Waals surface area contributed by atoms with E-state index in [1.54, 1.807) is 30.5 Å². The van der Waals surface area contributed by atoms with E-state index >= 15 is 0 Å². The molecule has 0 atom stereocenters. The van der Waals surface area contributed by atoms with E-state index in [-0.39, 0.29) is 5.75 Å². The standard InChI is InChI=1S/C17H15N5O/c1-12(13-7-9-15(23)10-8-13)20-22-17-19-16(11-18-21-17)14-5-3-2-4-6-14/h2-11,23H,1H3,(H,19,21,22)/b20-12+. The monoisotopic (exact) mass is 305 g/mol. The summed E-state index contributed by atoms with van der Waals surface area (Å²) < 4.78 is 0. The molecule has 0 unspecified atom stereocenters. The number of phenols is 1. The zero-order valence-corrected chi connectivity index (χ0v) is 12.5. The molecule has 3 rings (SSSR count). The van der Waals surface area contributed by atoms with Crippen molar-refractivity contribution in [3.8, 4) is 17.0 Å². The third-order valence-electron chi connectivity index (χ3n) is 3.24. The van der Waals surface area contributed by atoms with Crippen molar-refractivity contribution in [2.75, 3.05) is 5.43 Å². The van der Waals surface area contributed by atoms with Gasteiger partial charge in [-0.2, -0.15) is 10.2 Å². The van der Waals surface area contributed by atoms with Crippen molar-refractivity contribution in [1.29, 1.82) is 0 Å². The van der Waals surface area contributed by atoms with Crippen LogP contribution in [0, 0.1) is 0 Å². The fraction of sp³-hybridized carbons (Fsp3) is 0.0588. The topological polar surface area (TPSA) is 83.3 Å². The third-order valence-corrected chi connectivity index (χ3v) is 3.24. The maximum absolute atomic E-state index is 9.30. The van der Waals surface area contributed by atoms with Gasteiger partial charge in [-0.3, -0.25) is 0 Å². The molecule has 0 fully saturated rings. The molecule has 0 saturated carbocycles. The van der Waals surface area contributed by atoms with Crippen molar-refractivity contribution in [3.63, 3.8) is 0 Å². The Kier molecular flexibility index (Phi) is 4.24. The smallest absolute Gasteiger partial charge is 0.263 e. The Labute approximate surface area is 133 Å². The second kappa shape index (κ2) is 6.65. The lowest BCUT2D eigenvalue weighted by atomic mass is 10.1. The molecule has 0 amide bonds. The van der Waals surface area contributed by atoms with E-state index in [1.807, 2.05) is 37.3 Å². The molecule has 1 heterocycles. The predicted molar refractivity (Wildman–Crippen MR) is 89.2 cm³/mol. The van der Waals surface area contributed by atoms with Gasteiger partial charge in [-0.15, -0.1) is 5.10 Å². The van der Waals surface area contributed by atoms with E-state index in [0.717, 1.165) is 22.5 Å². The number of aromatic hydroxyl groups is 1. The first kappa shape index (κ1) is 14.6. The summed E-state index contributed by atoms with van der Waals surface area (Å²) in [6.45, 7) is 1.86. The largest absolute Gasteiger partial charge is 0.508 e. The molecule has 6 nitrogen and oxygen atoms in total. The quantitative estimate of drug-likeness (QED) is 0.571. The van der Waals surface area contributed by atoms with Crippen molar-refractivity contribution < 1.29 is 5.11 Å². The maximum Gasteiger partial charge on any atom is 0.263 e. The molecule has 3 aromatic rings. The van der Waals surface area contributed by atoms with Crippen LogP contribution >= 0.6 is 0 Å². The van der Waals surface area contributed by atoms with E-state index in [1.165, 1.54) is 0 Å². The Morgan fingerprint density at radius 2 is 1.78 bits per heavy atom. The first-order chi connectivity index (χ1) is 11.2. The average Bonchev–Trinajstić information content (AvgIpc) is 2.61.